The van der Waals surface area contributed by atoms with Crippen molar-refractivity contribution < 1.29 is 22.3 Å². The van der Waals surface area contributed by atoms with Gasteiger partial charge in [-0.15, -0.1) is 0 Å². The Morgan fingerprint density at radius 1 is 0.974 bits per heavy atom. The number of H-pyrrole nitrogens is 1. The number of fused-ring (bicyclic) bond motifs is 1. The molecular weight excluding hydrogens is 505 g/mol. The minimum atomic E-state index is -4.03. The summed E-state index contributed by atoms with van der Waals surface area (Å²) in [5.41, 5.74) is 2.90. The Kier molecular flexibility index (Phi) is 8.48. The summed E-state index contributed by atoms with van der Waals surface area (Å²) in [6.07, 6.45) is 2.52. The molecule has 0 bridgehead atoms. The molecule has 3 aromatic carbocycles. The average Bonchev–Trinajstić information content (AvgIpc) is 3.32. The number of carbonyl (C=O) groups is 1. The molecule has 0 aliphatic heterocycles. The zero-order valence-electron chi connectivity index (χ0n) is 21.7. The third-order valence-corrected chi connectivity index (χ3v) is 8.56. The summed E-state index contributed by atoms with van der Waals surface area (Å²) in [5, 5.41) is 1.08. The van der Waals surface area contributed by atoms with Gasteiger partial charge in [-0.25, -0.2) is 12.8 Å². The Labute approximate surface area is 222 Å². The summed E-state index contributed by atoms with van der Waals surface area (Å²) >= 11 is 0. The first-order chi connectivity index (χ1) is 18.2. The number of rotatable bonds is 11. The van der Waals surface area contributed by atoms with E-state index in [4.69, 9.17) is 4.74 Å². The van der Waals surface area contributed by atoms with E-state index in [9.17, 15) is 17.6 Å². The van der Waals surface area contributed by atoms with Gasteiger partial charge in [-0.2, -0.15) is 4.31 Å². The molecule has 4 aromatic rings. The fourth-order valence-electron chi connectivity index (χ4n) is 4.45. The van der Waals surface area contributed by atoms with Crippen LogP contribution in [0.5, 0.6) is 5.75 Å². The van der Waals surface area contributed by atoms with Crippen LogP contribution < -0.4 is 4.74 Å². The van der Waals surface area contributed by atoms with Crippen molar-refractivity contribution in [3.05, 3.63) is 95.9 Å². The number of halogens is 1. The molecule has 0 atom stereocenters. The third kappa shape index (κ3) is 6.06. The van der Waals surface area contributed by atoms with Crippen LogP contribution >= 0.6 is 0 Å². The first-order valence-electron chi connectivity index (χ1n) is 12.4. The van der Waals surface area contributed by atoms with Gasteiger partial charge in [0.25, 0.3) is 0 Å². The fourth-order valence-corrected chi connectivity index (χ4v) is 6.03. The standard InChI is InChI=1S/C29H32FN3O4S/c1-21(2)33(38(35,36)25-14-12-24(30)13-15-25)20-29(34)32(19-23-8-4-7-11-28(23)37-3)17-16-22-18-31-27-10-6-5-9-26(22)27/h4-15,18,21,31H,16-17,19-20H2,1-3H3. The van der Waals surface area contributed by atoms with Crippen molar-refractivity contribution in [2.75, 3.05) is 20.2 Å². The maximum absolute atomic E-state index is 13.7. The SMILES string of the molecule is COc1ccccc1CN(CCc1c[nH]c2ccccc12)C(=O)CN(C(C)C)S(=O)(=O)c1ccc(F)cc1. The van der Waals surface area contributed by atoms with Gasteiger partial charge in [0.2, 0.25) is 15.9 Å². The smallest absolute Gasteiger partial charge is 0.243 e. The van der Waals surface area contributed by atoms with E-state index in [-0.39, 0.29) is 23.9 Å². The van der Waals surface area contributed by atoms with Crippen LogP contribution in [0.15, 0.2) is 83.9 Å². The number of amides is 1. The van der Waals surface area contributed by atoms with E-state index in [0.717, 1.165) is 38.5 Å². The highest BCUT2D eigenvalue weighted by Gasteiger charge is 2.31. The van der Waals surface area contributed by atoms with Crippen LogP contribution in [-0.4, -0.2) is 54.8 Å². The van der Waals surface area contributed by atoms with Crippen molar-refractivity contribution in [2.24, 2.45) is 0 Å². The number of sulfonamides is 1. The lowest BCUT2D eigenvalue weighted by Crippen LogP contribution is -2.46. The van der Waals surface area contributed by atoms with Crippen molar-refractivity contribution in [1.82, 2.24) is 14.2 Å². The number of methoxy groups -OCH3 is 1. The van der Waals surface area contributed by atoms with E-state index < -0.39 is 21.9 Å². The maximum Gasteiger partial charge on any atom is 0.243 e. The molecule has 0 radical (unpaired) electrons. The van der Waals surface area contributed by atoms with E-state index >= 15 is 0 Å². The van der Waals surface area contributed by atoms with Gasteiger partial charge in [-0.1, -0.05) is 36.4 Å². The molecule has 200 valence electrons. The number of hydrogen-bond acceptors (Lipinski definition) is 4. The third-order valence-electron chi connectivity index (χ3n) is 6.52. The van der Waals surface area contributed by atoms with E-state index in [1.807, 2.05) is 54.7 Å². The second kappa shape index (κ2) is 11.8. The molecule has 0 unspecified atom stereocenters. The Balaban J connectivity index is 1.61. The van der Waals surface area contributed by atoms with E-state index in [0.29, 0.717) is 18.7 Å². The molecule has 1 aromatic heterocycles. The summed E-state index contributed by atoms with van der Waals surface area (Å²) in [5.74, 6) is -0.219. The first-order valence-corrected chi connectivity index (χ1v) is 13.9. The Bertz CT molecular complexity index is 1500. The van der Waals surface area contributed by atoms with Gasteiger partial charge in [0.1, 0.15) is 11.6 Å². The van der Waals surface area contributed by atoms with Gasteiger partial charge in [0.05, 0.1) is 18.6 Å². The number of aromatic amines is 1. The van der Waals surface area contributed by atoms with Crippen molar-refractivity contribution >= 4 is 26.8 Å². The van der Waals surface area contributed by atoms with Gasteiger partial charge in [-0.05, 0) is 62.2 Å². The lowest BCUT2D eigenvalue weighted by molar-refractivity contribution is -0.132. The number of para-hydroxylation sites is 2. The summed E-state index contributed by atoms with van der Waals surface area (Å²) in [6.45, 7) is 3.71. The molecule has 9 heteroatoms. The van der Waals surface area contributed by atoms with E-state index in [1.54, 1.807) is 25.9 Å². The lowest BCUT2D eigenvalue weighted by Gasteiger charge is -2.30. The van der Waals surface area contributed by atoms with Crippen molar-refractivity contribution in [1.29, 1.82) is 0 Å². The summed E-state index contributed by atoms with van der Waals surface area (Å²) in [6, 6.07) is 19.6. The molecule has 0 spiro atoms. The van der Waals surface area contributed by atoms with Crippen LogP contribution in [0.2, 0.25) is 0 Å². The summed E-state index contributed by atoms with van der Waals surface area (Å²) in [4.78, 5) is 18.6. The highest BCUT2D eigenvalue weighted by molar-refractivity contribution is 7.89. The zero-order chi connectivity index (χ0) is 27.3. The molecule has 7 nitrogen and oxygen atoms in total. The van der Waals surface area contributed by atoms with Crippen LogP contribution in [0.25, 0.3) is 10.9 Å². The van der Waals surface area contributed by atoms with E-state index in [2.05, 4.69) is 4.98 Å². The van der Waals surface area contributed by atoms with Crippen molar-refractivity contribution in [3.8, 4) is 5.75 Å². The monoisotopic (exact) mass is 537 g/mol. The molecule has 4 rings (SSSR count). The Morgan fingerprint density at radius 2 is 1.66 bits per heavy atom. The predicted octanol–water partition coefficient (Wildman–Crippen LogP) is 4.99. The largest absolute Gasteiger partial charge is 0.496 e. The lowest BCUT2D eigenvalue weighted by atomic mass is 10.1. The van der Waals surface area contributed by atoms with Crippen molar-refractivity contribution in [3.63, 3.8) is 0 Å². The molecule has 1 amide bonds. The number of nitrogens with one attached hydrogen (secondary N) is 1. The van der Waals surface area contributed by atoms with Crippen molar-refractivity contribution in [2.45, 2.75) is 37.8 Å². The molecule has 0 saturated heterocycles. The second-order valence-corrected chi connectivity index (χ2v) is 11.2. The van der Waals surface area contributed by atoms with Gasteiger partial charge in [0, 0.05) is 41.8 Å². The Morgan fingerprint density at radius 3 is 2.37 bits per heavy atom. The number of nitrogens with zero attached hydrogens (tertiary/aromatic N) is 2. The molecular formula is C29H32FN3O4S. The topological polar surface area (TPSA) is 82.7 Å². The van der Waals surface area contributed by atoms with Gasteiger partial charge < -0.3 is 14.6 Å². The average molecular weight is 538 g/mol. The highest BCUT2D eigenvalue weighted by atomic mass is 32.2. The fraction of sp³-hybridized carbons (Fsp3) is 0.276. The summed E-state index contributed by atoms with van der Waals surface area (Å²) < 4.78 is 46.9. The number of carbonyl (C=O) groups excluding carboxylic acids is 1. The quantitative estimate of drug-likeness (QED) is 0.292. The van der Waals surface area contributed by atoms with Gasteiger partial charge in [0.15, 0.2) is 0 Å². The van der Waals surface area contributed by atoms with Crippen LogP contribution in [0.1, 0.15) is 25.0 Å². The number of hydrogen-bond donors (Lipinski definition) is 1. The van der Waals surface area contributed by atoms with Crippen LogP contribution in [0, 0.1) is 5.82 Å². The van der Waals surface area contributed by atoms with Crippen LogP contribution in [-0.2, 0) is 27.8 Å². The van der Waals surface area contributed by atoms with E-state index in [1.165, 1.54) is 12.1 Å². The van der Waals surface area contributed by atoms with Gasteiger partial charge in [-0.3, -0.25) is 4.79 Å². The minimum absolute atomic E-state index is 0.0597. The Hall–Kier alpha value is -3.69. The second-order valence-electron chi connectivity index (χ2n) is 9.33. The predicted molar refractivity (Wildman–Crippen MR) is 146 cm³/mol. The molecule has 0 fully saturated rings. The molecule has 38 heavy (non-hydrogen) atoms. The summed E-state index contributed by atoms with van der Waals surface area (Å²) in [7, 11) is -2.45. The highest BCUT2D eigenvalue weighted by Crippen LogP contribution is 2.23. The zero-order valence-corrected chi connectivity index (χ0v) is 22.5. The molecule has 0 aliphatic carbocycles. The molecule has 0 aliphatic rings. The number of aromatic nitrogens is 1. The first kappa shape index (κ1) is 27.3. The molecule has 1 N–H and O–H groups in total. The minimum Gasteiger partial charge on any atom is -0.496 e. The van der Waals surface area contributed by atoms with Gasteiger partial charge >= 0.3 is 0 Å². The normalized spacial score (nSPS) is 11.8. The number of ether oxygens (including phenoxy) is 1. The molecule has 1 heterocycles. The van der Waals surface area contributed by atoms with Crippen LogP contribution in [0.4, 0.5) is 4.39 Å². The molecule has 0 saturated carbocycles. The number of benzene rings is 3. The van der Waals surface area contributed by atoms with Crippen LogP contribution in [0.3, 0.4) is 0 Å². The maximum atomic E-state index is 13.7.